The largest absolute Gasteiger partial charge is 0.481 e. The topological polar surface area (TPSA) is 43.8 Å². The van der Waals surface area contributed by atoms with Gasteiger partial charge in [-0.15, -0.1) is 0 Å². The summed E-state index contributed by atoms with van der Waals surface area (Å²) in [5.41, 5.74) is 0. The first-order chi connectivity index (χ1) is 7.58. The molecule has 4 heteroatoms. The lowest BCUT2D eigenvalue weighted by atomic mass is 9.93. The van der Waals surface area contributed by atoms with Crippen molar-refractivity contribution >= 4 is 5.97 Å². The number of likely N-dealkylation sites (tertiary alicyclic amines) is 1. The number of carboxylic acid groups (broad SMARTS) is 1. The molecular weight excluding hydrogens is 204 g/mol. The van der Waals surface area contributed by atoms with Gasteiger partial charge in [0.25, 0.3) is 0 Å². The third kappa shape index (κ3) is 5.47. The van der Waals surface area contributed by atoms with Gasteiger partial charge in [0.1, 0.15) is 0 Å². The van der Waals surface area contributed by atoms with Crippen LogP contribution in [0.25, 0.3) is 0 Å². The summed E-state index contributed by atoms with van der Waals surface area (Å²) in [6.45, 7) is 4.43. The molecule has 1 aliphatic heterocycles. The molecule has 1 aliphatic rings. The van der Waals surface area contributed by atoms with E-state index in [4.69, 9.17) is 5.11 Å². The van der Waals surface area contributed by atoms with E-state index in [2.05, 4.69) is 23.9 Å². The minimum atomic E-state index is -0.647. The van der Waals surface area contributed by atoms with Crippen molar-refractivity contribution < 1.29 is 9.90 Å². The molecule has 1 fully saturated rings. The number of rotatable bonds is 6. The Hall–Kier alpha value is -0.610. The summed E-state index contributed by atoms with van der Waals surface area (Å²) in [5, 5.41) is 8.72. The van der Waals surface area contributed by atoms with Crippen LogP contribution in [0.4, 0.5) is 0 Å². The Bertz CT molecular complexity index is 211. The standard InChI is InChI=1S/C12H24N2O2/c1-13(2)6-3-7-14-8-4-11(5-9-14)10-12(15)16/h11H,3-10H2,1-2H3,(H,15,16). The lowest BCUT2D eigenvalue weighted by molar-refractivity contribution is -0.138. The van der Waals surface area contributed by atoms with Crippen LogP contribution in [0.1, 0.15) is 25.7 Å². The van der Waals surface area contributed by atoms with E-state index in [9.17, 15) is 4.79 Å². The van der Waals surface area contributed by atoms with Crippen LogP contribution in [0.5, 0.6) is 0 Å². The highest BCUT2D eigenvalue weighted by atomic mass is 16.4. The normalized spacial score (nSPS) is 19.2. The van der Waals surface area contributed by atoms with Crippen LogP contribution < -0.4 is 0 Å². The minimum Gasteiger partial charge on any atom is -0.481 e. The zero-order valence-corrected chi connectivity index (χ0v) is 10.5. The number of nitrogens with zero attached hydrogens (tertiary/aromatic N) is 2. The second-order valence-electron chi connectivity index (χ2n) is 5.04. The summed E-state index contributed by atoms with van der Waals surface area (Å²) in [5.74, 6) is -0.242. The van der Waals surface area contributed by atoms with Crippen molar-refractivity contribution in [1.29, 1.82) is 0 Å². The molecule has 1 rings (SSSR count). The van der Waals surface area contributed by atoms with E-state index in [0.717, 1.165) is 39.0 Å². The van der Waals surface area contributed by atoms with Crippen molar-refractivity contribution in [1.82, 2.24) is 9.80 Å². The Labute approximate surface area is 98.2 Å². The molecule has 0 radical (unpaired) electrons. The third-order valence-electron chi connectivity index (χ3n) is 3.25. The number of aliphatic carboxylic acids is 1. The molecular formula is C12H24N2O2. The average Bonchev–Trinajstić information content (AvgIpc) is 2.19. The third-order valence-corrected chi connectivity index (χ3v) is 3.25. The summed E-state index contributed by atoms with van der Waals surface area (Å²) in [7, 11) is 4.19. The molecule has 94 valence electrons. The molecule has 0 aromatic rings. The van der Waals surface area contributed by atoms with Crippen molar-refractivity contribution in [3.8, 4) is 0 Å². The average molecular weight is 228 g/mol. The number of piperidine rings is 1. The minimum absolute atomic E-state index is 0.353. The second kappa shape index (κ2) is 6.86. The van der Waals surface area contributed by atoms with E-state index in [1.165, 1.54) is 6.42 Å². The number of hydrogen-bond acceptors (Lipinski definition) is 3. The highest BCUT2D eigenvalue weighted by Gasteiger charge is 2.20. The lowest BCUT2D eigenvalue weighted by Crippen LogP contribution is -2.36. The molecule has 4 nitrogen and oxygen atoms in total. The van der Waals surface area contributed by atoms with Crippen molar-refractivity contribution in [2.24, 2.45) is 5.92 Å². The summed E-state index contributed by atoms with van der Waals surface area (Å²) in [6, 6.07) is 0. The van der Waals surface area contributed by atoms with Crippen molar-refractivity contribution in [2.75, 3.05) is 40.3 Å². The Morgan fingerprint density at radius 1 is 1.38 bits per heavy atom. The van der Waals surface area contributed by atoms with Gasteiger partial charge in [0.15, 0.2) is 0 Å². The molecule has 1 saturated heterocycles. The molecule has 0 amide bonds. The molecule has 0 aliphatic carbocycles. The Kier molecular flexibility index (Phi) is 5.77. The molecule has 16 heavy (non-hydrogen) atoms. The lowest BCUT2D eigenvalue weighted by Gasteiger charge is -2.31. The van der Waals surface area contributed by atoms with E-state index in [0.29, 0.717) is 12.3 Å². The van der Waals surface area contributed by atoms with E-state index < -0.39 is 5.97 Å². The highest BCUT2D eigenvalue weighted by Crippen LogP contribution is 2.20. The van der Waals surface area contributed by atoms with Crippen LogP contribution in [-0.2, 0) is 4.79 Å². The van der Waals surface area contributed by atoms with Crippen LogP contribution in [-0.4, -0.2) is 61.2 Å². The zero-order valence-electron chi connectivity index (χ0n) is 10.5. The first-order valence-electron chi connectivity index (χ1n) is 6.17. The number of hydrogen-bond donors (Lipinski definition) is 1. The van der Waals surface area contributed by atoms with Crippen LogP contribution in [0.2, 0.25) is 0 Å². The van der Waals surface area contributed by atoms with Crippen LogP contribution >= 0.6 is 0 Å². The van der Waals surface area contributed by atoms with E-state index in [1.54, 1.807) is 0 Å². The molecule has 0 unspecified atom stereocenters. The molecule has 0 spiro atoms. The number of carboxylic acids is 1. The van der Waals surface area contributed by atoms with Gasteiger partial charge in [-0.1, -0.05) is 0 Å². The van der Waals surface area contributed by atoms with E-state index in [-0.39, 0.29) is 0 Å². The summed E-state index contributed by atoms with van der Waals surface area (Å²) in [6.07, 6.45) is 3.66. The van der Waals surface area contributed by atoms with Gasteiger partial charge >= 0.3 is 5.97 Å². The SMILES string of the molecule is CN(C)CCCN1CCC(CC(=O)O)CC1. The maximum absolute atomic E-state index is 10.6. The second-order valence-corrected chi connectivity index (χ2v) is 5.04. The molecule has 1 N–H and O–H groups in total. The zero-order chi connectivity index (χ0) is 12.0. The van der Waals surface area contributed by atoms with Crippen LogP contribution in [0, 0.1) is 5.92 Å². The van der Waals surface area contributed by atoms with Gasteiger partial charge < -0.3 is 14.9 Å². The van der Waals surface area contributed by atoms with Crippen LogP contribution in [0.3, 0.4) is 0 Å². The Balaban J connectivity index is 2.10. The summed E-state index contributed by atoms with van der Waals surface area (Å²) in [4.78, 5) is 15.2. The van der Waals surface area contributed by atoms with Crippen molar-refractivity contribution in [3.05, 3.63) is 0 Å². The maximum Gasteiger partial charge on any atom is 0.303 e. The molecule has 0 bridgehead atoms. The van der Waals surface area contributed by atoms with Crippen LogP contribution in [0.15, 0.2) is 0 Å². The fraction of sp³-hybridized carbons (Fsp3) is 0.917. The van der Waals surface area contributed by atoms with Gasteiger partial charge in [-0.25, -0.2) is 0 Å². The fourth-order valence-corrected chi connectivity index (χ4v) is 2.27. The fourth-order valence-electron chi connectivity index (χ4n) is 2.27. The summed E-state index contributed by atoms with van der Waals surface area (Å²) < 4.78 is 0. The Morgan fingerprint density at radius 2 is 2.00 bits per heavy atom. The predicted molar refractivity (Wildman–Crippen MR) is 64.6 cm³/mol. The van der Waals surface area contributed by atoms with Gasteiger partial charge in [-0.3, -0.25) is 4.79 Å². The van der Waals surface area contributed by atoms with E-state index in [1.807, 2.05) is 0 Å². The molecule has 0 aromatic carbocycles. The Morgan fingerprint density at radius 3 is 2.50 bits per heavy atom. The first kappa shape index (κ1) is 13.5. The smallest absolute Gasteiger partial charge is 0.303 e. The monoisotopic (exact) mass is 228 g/mol. The molecule has 1 heterocycles. The van der Waals surface area contributed by atoms with Crippen molar-refractivity contribution in [2.45, 2.75) is 25.7 Å². The van der Waals surface area contributed by atoms with Crippen molar-refractivity contribution in [3.63, 3.8) is 0 Å². The van der Waals surface area contributed by atoms with Gasteiger partial charge in [0, 0.05) is 6.42 Å². The molecule has 0 atom stereocenters. The summed E-state index contributed by atoms with van der Waals surface area (Å²) >= 11 is 0. The van der Waals surface area contributed by atoms with Gasteiger partial charge in [0.05, 0.1) is 0 Å². The van der Waals surface area contributed by atoms with Gasteiger partial charge in [0.2, 0.25) is 0 Å². The van der Waals surface area contributed by atoms with Gasteiger partial charge in [-0.2, -0.15) is 0 Å². The van der Waals surface area contributed by atoms with Gasteiger partial charge in [-0.05, 0) is 65.5 Å². The quantitative estimate of drug-likeness (QED) is 0.740. The first-order valence-corrected chi connectivity index (χ1v) is 6.17. The molecule has 0 saturated carbocycles. The maximum atomic E-state index is 10.6. The highest BCUT2D eigenvalue weighted by molar-refractivity contribution is 5.67. The molecule has 0 aromatic heterocycles. The predicted octanol–water partition coefficient (Wildman–Crippen LogP) is 1.12. The number of carbonyl (C=O) groups is 1. The van der Waals surface area contributed by atoms with E-state index >= 15 is 0 Å².